The molecule has 0 saturated carbocycles. The van der Waals surface area contributed by atoms with Crippen LogP contribution in [0.3, 0.4) is 0 Å². The number of hydrogen-bond donors (Lipinski definition) is 0. The Balaban J connectivity index is 3.15. The number of hydrogen-bond acceptors (Lipinski definition) is 1. The van der Waals surface area contributed by atoms with E-state index in [1.807, 2.05) is 24.3 Å². The fraction of sp³-hybridized carbons (Fsp3) is 0. The van der Waals surface area contributed by atoms with Crippen LogP contribution in [0.5, 0.6) is 0 Å². The fourth-order valence-corrected chi connectivity index (χ4v) is 2.08. The van der Waals surface area contributed by atoms with Crippen molar-refractivity contribution in [1.29, 1.82) is 0 Å². The molecule has 0 bridgehead atoms. The van der Waals surface area contributed by atoms with E-state index >= 15 is 0 Å². The zero-order valence-electron chi connectivity index (χ0n) is 5.29. The van der Waals surface area contributed by atoms with Crippen molar-refractivity contribution in [2.75, 3.05) is 0 Å². The summed E-state index contributed by atoms with van der Waals surface area (Å²) >= 11 is 0.459. The molecule has 0 spiro atoms. The Hall–Kier alpha value is -0.311. The molecule has 1 rings (SSSR count). The van der Waals surface area contributed by atoms with E-state index in [0.29, 0.717) is 22.5 Å². The molecule has 46 valence electrons. The SMILES string of the molecule is O=Cc1cccc[c]1[SnH3]. The summed E-state index contributed by atoms with van der Waals surface area (Å²) in [6.45, 7) is 0. The molecule has 0 saturated heterocycles. The molecule has 0 N–H and O–H groups in total. The zero-order chi connectivity index (χ0) is 6.69. The van der Waals surface area contributed by atoms with Crippen molar-refractivity contribution >= 4 is 32.4 Å². The second-order valence-corrected chi connectivity index (χ2v) is 5.05. The van der Waals surface area contributed by atoms with Crippen LogP contribution in [0.2, 0.25) is 0 Å². The van der Waals surface area contributed by atoms with E-state index in [1.165, 1.54) is 3.58 Å². The molecule has 0 aliphatic heterocycles. The van der Waals surface area contributed by atoms with E-state index in [1.54, 1.807) is 0 Å². The Morgan fingerprint density at radius 3 is 2.44 bits per heavy atom. The fourth-order valence-electron chi connectivity index (χ4n) is 0.719. The molecule has 1 aromatic rings. The first-order chi connectivity index (χ1) is 4.34. The van der Waals surface area contributed by atoms with E-state index < -0.39 is 0 Å². The third kappa shape index (κ3) is 1.55. The Morgan fingerprint density at radius 2 is 2.00 bits per heavy atom. The van der Waals surface area contributed by atoms with Crippen LogP contribution in [0.15, 0.2) is 24.3 Å². The van der Waals surface area contributed by atoms with Gasteiger partial charge in [-0.05, 0) is 0 Å². The number of carbonyl (C=O) groups is 1. The number of rotatable bonds is 1. The van der Waals surface area contributed by atoms with Gasteiger partial charge in [0.25, 0.3) is 0 Å². The van der Waals surface area contributed by atoms with Gasteiger partial charge in [0.15, 0.2) is 0 Å². The van der Waals surface area contributed by atoms with Crippen molar-refractivity contribution in [3.63, 3.8) is 0 Å². The first-order valence-corrected chi connectivity index (χ1v) is 5.71. The molecule has 0 atom stereocenters. The number of carbonyl (C=O) groups excluding carboxylic acids is 1. The van der Waals surface area contributed by atoms with Crippen molar-refractivity contribution in [2.45, 2.75) is 0 Å². The molecular weight excluding hydrogens is 219 g/mol. The summed E-state index contributed by atoms with van der Waals surface area (Å²) in [7, 11) is 0. The molecule has 0 heterocycles. The first-order valence-electron chi connectivity index (χ1n) is 2.85. The van der Waals surface area contributed by atoms with Gasteiger partial charge in [-0.1, -0.05) is 0 Å². The molecule has 0 amide bonds. The van der Waals surface area contributed by atoms with Crippen LogP contribution < -0.4 is 3.58 Å². The predicted octanol–water partition coefficient (Wildman–Crippen LogP) is -0.510. The summed E-state index contributed by atoms with van der Waals surface area (Å²) < 4.78 is 1.24. The quantitative estimate of drug-likeness (QED) is 0.466. The predicted molar refractivity (Wildman–Crippen MR) is 41.4 cm³/mol. The van der Waals surface area contributed by atoms with Gasteiger partial charge in [-0.2, -0.15) is 0 Å². The van der Waals surface area contributed by atoms with E-state index in [0.717, 1.165) is 11.8 Å². The van der Waals surface area contributed by atoms with Crippen molar-refractivity contribution in [3.8, 4) is 0 Å². The molecule has 0 aliphatic carbocycles. The Kier molecular flexibility index (Phi) is 2.28. The van der Waals surface area contributed by atoms with Crippen molar-refractivity contribution in [2.24, 2.45) is 0 Å². The summed E-state index contributed by atoms with van der Waals surface area (Å²) in [5, 5.41) is 0. The van der Waals surface area contributed by atoms with Gasteiger partial charge in [-0.15, -0.1) is 0 Å². The molecule has 0 fully saturated rings. The summed E-state index contributed by atoms with van der Waals surface area (Å²) in [5.41, 5.74) is 0.869. The van der Waals surface area contributed by atoms with Gasteiger partial charge in [0.2, 0.25) is 0 Å². The number of aldehydes is 1. The van der Waals surface area contributed by atoms with Crippen LogP contribution in [0, 0.1) is 0 Å². The third-order valence-corrected chi connectivity index (χ3v) is 3.91. The molecule has 1 aromatic carbocycles. The Morgan fingerprint density at radius 1 is 1.33 bits per heavy atom. The van der Waals surface area contributed by atoms with Gasteiger partial charge in [0.1, 0.15) is 0 Å². The topological polar surface area (TPSA) is 17.1 Å². The second-order valence-electron chi connectivity index (χ2n) is 1.97. The normalized spacial score (nSPS) is 9.33. The molecule has 2 heteroatoms. The molecule has 0 radical (unpaired) electrons. The van der Waals surface area contributed by atoms with Gasteiger partial charge < -0.3 is 0 Å². The van der Waals surface area contributed by atoms with Gasteiger partial charge in [-0.3, -0.25) is 0 Å². The van der Waals surface area contributed by atoms with Gasteiger partial charge in [0, 0.05) is 0 Å². The number of benzene rings is 1. The zero-order valence-corrected chi connectivity index (χ0v) is 11.0. The van der Waals surface area contributed by atoms with Crippen LogP contribution in [0.4, 0.5) is 0 Å². The molecule has 0 unspecified atom stereocenters. The maximum atomic E-state index is 10.3. The first kappa shape index (κ1) is 6.80. The van der Waals surface area contributed by atoms with Crippen molar-refractivity contribution in [3.05, 3.63) is 29.8 Å². The third-order valence-electron chi connectivity index (χ3n) is 1.32. The Bertz CT molecular complexity index is 220. The van der Waals surface area contributed by atoms with Gasteiger partial charge >= 0.3 is 67.0 Å². The Labute approximate surface area is 67.2 Å². The van der Waals surface area contributed by atoms with Gasteiger partial charge in [-0.25, -0.2) is 0 Å². The molecule has 0 aromatic heterocycles. The van der Waals surface area contributed by atoms with E-state index in [2.05, 4.69) is 0 Å². The van der Waals surface area contributed by atoms with Crippen LogP contribution in [-0.4, -0.2) is 28.8 Å². The standard InChI is InChI=1S/C7H5O.Sn.3H/c8-6-7-4-2-1-3-5-7;;;;/h1-4,6H;;;;. The minimum atomic E-state index is 0.459. The minimum absolute atomic E-state index is 0.459. The maximum absolute atomic E-state index is 10.3. The second kappa shape index (κ2) is 3.01. The molecular formula is C7H8OSn. The summed E-state index contributed by atoms with van der Waals surface area (Å²) in [4.78, 5) is 10.3. The molecule has 0 aliphatic rings. The average Bonchev–Trinajstić information content (AvgIpc) is 1.89. The molecule has 1 nitrogen and oxygen atoms in total. The van der Waals surface area contributed by atoms with Gasteiger partial charge in [0.05, 0.1) is 0 Å². The van der Waals surface area contributed by atoms with Crippen LogP contribution >= 0.6 is 0 Å². The van der Waals surface area contributed by atoms with E-state index in [9.17, 15) is 4.79 Å². The van der Waals surface area contributed by atoms with Crippen molar-refractivity contribution in [1.82, 2.24) is 0 Å². The molecule has 9 heavy (non-hydrogen) atoms. The van der Waals surface area contributed by atoms with Crippen molar-refractivity contribution < 1.29 is 4.79 Å². The van der Waals surface area contributed by atoms with Crippen LogP contribution in [0.1, 0.15) is 10.4 Å². The summed E-state index contributed by atoms with van der Waals surface area (Å²) in [6, 6.07) is 7.74. The van der Waals surface area contributed by atoms with Crippen LogP contribution in [0.25, 0.3) is 0 Å². The average molecular weight is 227 g/mol. The summed E-state index contributed by atoms with van der Waals surface area (Å²) in [6.07, 6.45) is 0.923. The van der Waals surface area contributed by atoms with E-state index in [4.69, 9.17) is 0 Å². The summed E-state index contributed by atoms with van der Waals surface area (Å²) in [5.74, 6) is 0. The van der Waals surface area contributed by atoms with E-state index in [-0.39, 0.29) is 0 Å². The van der Waals surface area contributed by atoms with Crippen LogP contribution in [-0.2, 0) is 0 Å². The monoisotopic (exact) mass is 228 g/mol.